The summed E-state index contributed by atoms with van der Waals surface area (Å²) < 4.78 is 5.96. The van der Waals surface area contributed by atoms with E-state index in [2.05, 4.69) is 33.4 Å². The first-order valence-corrected chi connectivity index (χ1v) is 8.29. The molecule has 0 amide bonds. The zero-order valence-corrected chi connectivity index (χ0v) is 13.6. The Morgan fingerprint density at radius 3 is 2.63 bits per heavy atom. The molecule has 0 heterocycles. The molecule has 0 aliphatic heterocycles. The number of fused-ring (bicyclic) bond motifs is 2. The zero-order valence-electron chi connectivity index (χ0n) is 12.7. The number of esters is 1. The van der Waals surface area contributed by atoms with Crippen molar-refractivity contribution in [3.05, 3.63) is 0 Å². The monoisotopic (exact) mass is 284 g/mol. The molecule has 2 nitrogen and oxygen atoms in total. The molecule has 0 N–H and O–H groups in total. The molecule has 2 aliphatic carbocycles. The summed E-state index contributed by atoms with van der Waals surface area (Å²) in [5.74, 6) is 2.52. The van der Waals surface area contributed by atoms with E-state index in [4.69, 9.17) is 4.74 Å². The molecule has 2 saturated carbocycles. The minimum Gasteiger partial charge on any atom is -0.458 e. The lowest BCUT2D eigenvalue weighted by atomic mass is 9.57. The molecule has 0 aromatic heterocycles. The van der Waals surface area contributed by atoms with Gasteiger partial charge in [0.15, 0.2) is 0 Å². The fourth-order valence-electron chi connectivity index (χ4n) is 4.42. The van der Waals surface area contributed by atoms with Crippen molar-refractivity contribution in [3.63, 3.8) is 0 Å². The average Bonchev–Trinajstić information content (AvgIpc) is 2.33. The second-order valence-electron chi connectivity index (χ2n) is 7.00. The quantitative estimate of drug-likeness (QED) is 0.624. The van der Waals surface area contributed by atoms with Crippen LogP contribution >= 0.6 is 12.6 Å². The molecule has 3 heteroatoms. The first-order valence-electron chi connectivity index (χ1n) is 7.77. The van der Waals surface area contributed by atoms with E-state index in [1.165, 1.54) is 25.7 Å². The van der Waals surface area contributed by atoms with Gasteiger partial charge in [0, 0.05) is 0 Å². The van der Waals surface area contributed by atoms with Crippen LogP contribution in [0.3, 0.4) is 0 Å². The van der Waals surface area contributed by atoms with Crippen molar-refractivity contribution in [1.29, 1.82) is 0 Å². The number of hydrogen-bond donors (Lipinski definition) is 1. The maximum absolute atomic E-state index is 12.0. The number of rotatable bonds is 3. The van der Waals surface area contributed by atoms with Crippen LogP contribution in [-0.4, -0.2) is 16.8 Å². The number of carbonyl (C=O) groups is 1. The highest BCUT2D eigenvalue weighted by atomic mass is 32.1. The molecule has 2 fully saturated rings. The molecular weight excluding hydrogens is 256 g/mol. The fourth-order valence-corrected chi connectivity index (χ4v) is 4.47. The van der Waals surface area contributed by atoms with Gasteiger partial charge >= 0.3 is 5.97 Å². The molecule has 2 aliphatic rings. The van der Waals surface area contributed by atoms with Crippen molar-refractivity contribution in [1.82, 2.24) is 0 Å². The Labute approximate surface area is 123 Å². The largest absolute Gasteiger partial charge is 0.458 e. The van der Waals surface area contributed by atoms with E-state index in [-0.39, 0.29) is 16.8 Å². The molecule has 6 atom stereocenters. The number of carbonyl (C=O) groups excluding carboxylic acids is 1. The summed E-state index contributed by atoms with van der Waals surface area (Å²) in [5.41, 5.74) is -0.270. The van der Waals surface area contributed by atoms with E-state index in [1.807, 2.05) is 0 Å². The first-order chi connectivity index (χ1) is 8.86. The number of hydrogen-bond acceptors (Lipinski definition) is 3. The van der Waals surface area contributed by atoms with Crippen molar-refractivity contribution < 1.29 is 9.53 Å². The van der Waals surface area contributed by atoms with E-state index in [0.717, 1.165) is 18.3 Å². The van der Waals surface area contributed by atoms with E-state index in [9.17, 15) is 4.79 Å². The van der Waals surface area contributed by atoms with Crippen molar-refractivity contribution in [3.8, 4) is 0 Å². The van der Waals surface area contributed by atoms with Crippen molar-refractivity contribution >= 4 is 18.6 Å². The summed E-state index contributed by atoms with van der Waals surface area (Å²) in [6.45, 7) is 8.54. The van der Waals surface area contributed by atoms with Crippen LogP contribution in [-0.2, 0) is 9.53 Å². The summed E-state index contributed by atoms with van der Waals surface area (Å²) in [6, 6.07) is 0. The average molecular weight is 284 g/mol. The normalized spacial score (nSPS) is 43.6. The molecular formula is C16H28O2S. The Balaban J connectivity index is 2.20. The molecule has 6 unspecified atom stereocenters. The van der Waals surface area contributed by atoms with Gasteiger partial charge in [-0.1, -0.05) is 13.8 Å². The maximum Gasteiger partial charge on any atom is 0.319 e. The van der Waals surface area contributed by atoms with Gasteiger partial charge in [0.1, 0.15) is 5.60 Å². The van der Waals surface area contributed by atoms with Crippen molar-refractivity contribution in [2.75, 3.05) is 0 Å². The maximum atomic E-state index is 12.0. The number of thiol groups is 1. The predicted octanol–water partition coefficient (Wildman–Crippen LogP) is 4.09. The van der Waals surface area contributed by atoms with Gasteiger partial charge in [-0.3, -0.25) is 4.79 Å². The van der Waals surface area contributed by atoms with Crippen LogP contribution in [0.2, 0.25) is 0 Å². The minimum atomic E-state index is -0.326. The van der Waals surface area contributed by atoms with Crippen LogP contribution in [0.15, 0.2) is 0 Å². The van der Waals surface area contributed by atoms with E-state index >= 15 is 0 Å². The fraction of sp³-hybridized carbons (Fsp3) is 0.938. The SMILES string of the molecule is CCC1CC2CC(C)CC(C2)C1(C)OC(=O)C(C)S. The highest BCUT2D eigenvalue weighted by Crippen LogP contribution is 2.52. The Bertz CT molecular complexity index is 340. The van der Waals surface area contributed by atoms with Crippen LogP contribution in [0.4, 0.5) is 0 Å². The lowest BCUT2D eigenvalue weighted by Crippen LogP contribution is -2.53. The van der Waals surface area contributed by atoms with Gasteiger partial charge in [-0.2, -0.15) is 12.6 Å². The van der Waals surface area contributed by atoms with Gasteiger partial charge in [0.25, 0.3) is 0 Å². The lowest BCUT2D eigenvalue weighted by Gasteiger charge is -2.53. The van der Waals surface area contributed by atoms with Crippen LogP contribution in [0.1, 0.15) is 59.8 Å². The molecule has 0 aromatic carbocycles. The molecule has 19 heavy (non-hydrogen) atoms. The van der Waals surface area contributed by atoms with E-state index in [1.54, 1.807) is 6.92 Å². The highest BCUT2D eigenvalue weighted by Gasteiger charge is 2.51. The van der Waals surface area contributed by atoms with Gasteiger partial charge in [-0.05, 0) is 69.6 Å². The van der Waals surface area contributed by atoms with Gasteiger partial charge in [0.2, 0.25) is 0 Å². The van der Waals surface area contributed by atoms with Crippen LogP contribution < -0.4 is 0 Å². The van der Waals surface area contributed by atoms with Crippen LogP contribution in [0.25, 0.3) is 0 Å². The molecule has 110 valence electrons. The Morgan fingerprint density at radius 2 is 2.05 bits per heavy atom. The van der Waals surface area contributed by atoms with Gasteiger partial charge in [-0.25, -0.2) is 0 Å². The van der Waals surface area contributed by atoms with Gasteiger partial charge in [0.05, 0.1) is 5.25 Å². The smallest absolute Gasteiger partial charge is 0.319 e. The molecule has 0 aromatic rings. The lowest BCUT2D eigenvalue weighted by molar-refractivity contribution is -0.185. The summed E-state index contributed by atoms with van der Waals surface area (Å²) in [7, 11) is 0. The van der Waals surface area contributed by atoms with Crippen molar-refractivity contribution in [2.24, 2.45) is 23.7 Å². The standard InChI is InChI=1S/C16H28O2S/c1-5-13-8-12-6-10(2)7-14(9-12)16(13,4)18-15(17)11(3)19/h10-14,19H,5-9H2,1-4H3. The van der Waals surface area contributed by atoms with Crippen LogP contribution in [0, 0.1) is 23.7 Å². The molecule has 2 bridgehead atoms. The summed E-state index contributed by atoms with van der Waals surface area (Å²) in [6.07, 6.45) is 6.14. The van der Waals surface area contributed by atoms with Crippen molar-refractivity contribution in [2.45, 2.75) is 70.7 Å². The van der Waals surface area contributed by atoms with E-state index in [0.29, 0.717) is 11.8 Å². The Kier molecular flexibility index (Phi) is 4.54. The predicted molar refractivity (Wildman–Crippen MR) is 81.3 cm³/mol. The molecule has 0 spiro atoms. The second-order valence-corrected chi connectivity index (χ2v) is 7.77. The topological polar surface area (TPSA) is 26.3 Å². The van der Waals surface area contributed by atoms with E-state index < -0.39 is 0 Å². The van der Waals surface area contributed by atoms with Gasteiger partial charge < -0.3 is 4.74 Å². The third-order valence-corrected chi connectivity index (χ3v) is 5.64. The molecule has 0 saturated heterocycles. The second kappa shape index (κ2) is 5.67. The summed E-state index contributed by atoms with van der Waals surface area (Å²) in [4.78, 5) is 12.0. The summed E-state index contributed by atoms with van der Waals surface area (Å²) >= 11 is 4.22. The minimum absolute atomic E-state index is 0.152. The Hall–Kier alpha value is -0.180. The third-order valence-electron chi connectivity index (χ3n) is 5.43. The van der Waals surface area contributed by atoms with Crippen LogP contribution in [0.5, 0.6) is 0 Å². The zero-order chi connectivity index (χ0) is 14.2. The Morgan fingerprint density at radius 1 is 1.37 bits per heavy atom. The number of ether oxygens (including phenoxy) is 1. The molecule has 2 rings (SSSR count). The van der Waals surface area contributed by atoms with Gasteiger partial charge in [-0.15, -0.1) is 0 Å². The third kappa shape index (κ3) is 2.96. The first kappa shape index (κ1) is 15.2. The summed E-state index contributed by atoms with van der Waals surface area (Å²) in [5, 5.41) is -0.326. The highest BCUT2D eigenvalue weighted by molar-refractivity contribution is 7.81. The molecule has 0 radical (unpaired) electrons.